The fourth-order valence-electron chi connectivity index (χ4n) is 1.65. The Balaban J connectivity index is 2.62. The molecule has 5 nitrogen and oxygen atoms in total. The van der Waals surface area contributed by atoms with Gasteiger partial charge in [-0.1, -0.05) is 12.1 Å². The van der Waals surface area contributed by atoms with Crippen LogP contribution in [0.1, 0.15) is 18.1 Å². The molecule has 0 radical (unpaired) electrons. The summed E-state index contributed by atoms with van der Waals surface area (Å²) in [5.41, 5.74) is 2.07. The predicted octanol–water partition coefficient (Wildman–Crippen LogP) is 1.62. The van der Waals surface area contributed by atoms with Crippen molar-refractivity contribution in [1.82, 2.24) is 4.90 Å². The van der Waals surface area contributed by atoms with Crippen LogP contribution >= 0.6 is 0 Å². The Bertz CT molecular complexity index is 471. The monoisotopic (exact) mass is 265 g/mol. The van der Waals surface area contributed by atoms with Crippen molar-refractivity contribution in [1.29, 1.82) is 0 Å². The fourth-order valence-corrected chi connectivity index (χ4v) is 1.65. The van der Waals surface area contributed by atoms with E-state index in [1.165, 1.54) is 4.90 Å². The number of ether oxygens (including phenoxy) is 1. The Morgan fingerprint density at radius 3 is 2.58 bits per heavy atom. The Morgan fingerprint density at radius 2 is 2.00 bits per heavy atom. The van der Waals surface area contributed by atoms with E-state index in [1.54, 1.807) is 13.0 Å². The maximum absolute atomic E-state index is 11.8. The summed E-state index contributed by atoms with van der Waals surface area (Å²) >= 11 is 0. The molecule has 1 amide bonds. The first-order valence-corrected chi connectivity index (χ1v) is 6.14. The standard InChI is InChI=1S/C14H19NO4/c1-4-15(8-14(17)18)13(16)9-19-12-7-5-6-10(2)11(12)3/h5-7H,4,8-9H2,1-3H3,(H,17,18). The van der Waals surface area contributed by atoms with E-state index >= 15 is 0 Å². The third-order valence-electron chi connectivity index (χ3n) is 2.97. The molecule has 1 aromatic rings. The Labute approximate surface area is 112 Å². The SMILES string of the molecule is CCN(CC(=O)O)C(=O)COc1cccc(C)c1C. The van der Waals surface area contributed by atoms with Crippen LogP contribution in [0.25, 0.3) is 0 Å². The summed E-state index contributed by atoms with van der Waals surface area (Å²) in [6.45, 7) is 5.52. The summed E-state index contributed by atoms with van der Waals surface area (Å²) in [5, 5.41) is 8.69. The number of hydrogen-bond acceptors (Lipinski definition) is 3. The van der Waals surface area contributed by atoms with Gasteiger partial charge >= 0.3 is 5.97 Å². The number of nitrogens with zero attached hydrogens (tertiary/aromatic N) is 1. The quantitative estimate of drug-likeness (QED) is 0.848. The van der Waals surface area contributed by atoms with Crippen molar-refractivity contribution in [2.24, 2.45) is 0 Å². The first kappa shape index (κ1) is 15.0. The molecule has 1 rings (SSSR count). The lowest BCUT2D eigenvalue weighted by atomic mass is 10.1. The lowest BCUT2D eigenvalue weighted by molar-refractivity contribution is -0.145. The average molecular weight is 265 g/mol. The van der Waals surface area contributed by atoms with E-state index in [0.29, 0.717) is 12.3 Å². The average Bonchev–Trinajstić information content (AvgIpc) is 2.37. The molecule has 0 fully saturated rings. The van der Waals surface area contributed by atoms with Gasteiger partial charge in [-0.3, -0.25) is 9.59 Å². The van der Waals surface area contributed by atoms with E-state index in [0.717, 1.165) is 11.1 Å². The second-order valence-corrected chi connectivity index (χ2v) is 4.29. The minimum Gasteiger partial charge on any atom is -0.483 e. The Morgan fingerprint density at radius 1 is 1.32 bits per heavy atom. The van der Waals surface area contributed by atoms with Gasteiger partial charge in [0.15, 0.2) is 6.61 Å². The number of carbonyl (C=O) groups excluding carboxylic acids is 1. The van der Waals surface area contributed by atoms with E-state index in [-0.39, 0.29) is 19.1 Å². The van der Waals surface area contributed by atoms with E-state index in [9.17, 15) is 9.59 Å². The molecule has 0 atom stereocenters. The molecule has 0 unspecified atom stereocenters. The highest BCUT2D eigenvalue weighted by molar-refractivity contribution is 5.82. The summed E-state index contributed by atoms with van der Waals surface area (Å²) in [7, 11) is 0. The number of carboxylic acid groups (broad SMARTS) is 1. The molecule has 0 bridgehead atoms. The van der Waals surface area contributed by atoms with Gasteiger partial charge in [0.2, 0.25) is 0 Å². The third kappa shape index (κ3) is 4.28. The second-order valence-electron chi connectivity index (χ2n) is 4.29. The van der Waals surface area contributed by atoms with Crippen LogP contribution in [0.3, 0.4) is 0 Å². The van der Waals surface area contributed by atoms with Crippen LogP contribution in [0, 0.1) is 13.8 Å². The van der Waals surface area contributed by atoms with Gasteiger partial charge in [0, 0.05) is 6.54 Å². The van der Waals surface area contributed by atoms with Crippen molar-refractivity contribution in [3.8, 4) is 5.75 Å². The number of hydrogen-bond donors (Lipinski definition) is 1. The van der Waals surface area contributed by atoms with Crippen molar-refractivity contribution < 1.29 is 19.4 Å². The summed E-state index contributed by atoms with van der Waals surface area (Å²) < 4.78 is 5.46. The topological polar surface area (TPSA) is 66.8 Å². The second kappa shape index (κ2) is 6.78. The largest absolute Gasteiger partial charge is 0.483 e. The highest BCUT2D eigenvalue weighted by Gasteiger charge is 2.15. The molecule has 19 heavy (non-hydrogen) atoms. The lowest BCUT2D eigenvalue weighted by Gasteiger charge is -2.19. The molecular formula is C14H19NO4. The van der Waals surface area contributed by atoms with Crippen LogP contribution in [-0.4, -0.2) is 41.6 Å². The van der Waals surface area contributed by atoms with Crippen LogP contribution in [-0.2, 0) is 9.59 Å². The number of rotatable bonds is 6. The van der Waals surface area contributed by atoms with Crippen LogP contribution in [0.2, 0.25) is 0 Å². The van der Waals surface area contributed by atoms with Gasteiger partial charge in [-0.05, 0) is 38.0 Å². The number of aliphatic carboxylic acids is 1. The van der Waals surface area contributed by atoms with Gasteiger partial charge in [-0.2, -0.15) is 0 Å². The minimum atomic E-state index is -1.03. The predicted molar refractivity (Wildman–Crippen MR) is 71.3 cm³/mol. The van der Waals surface area contributed by atoms with E-state index in [2.05, 4.69) is 0 Å². The van der Waals surface area contributed by atoms with E-state index < -0.39 is 5.97 Å². The van der Waals surface area contributed by atoms with Gasteiger partial charge in [-0.25, -0.2) is 0 Å². The maximum atomic E-state index is 11.8. The first-order chi connectivity index (χ1) is 8.95. The highest BCUT2D eigenvalue weighted by atomic mass is 16.5. The molecule has 0 aliphatic carbocycles. The summed E-state index contributed by atoms with van der Waals surface area (Å²) in [4.78, 5) is 23.7. The van der Waals surface area contributed by atoms with Crippen LogP contribution in [0.15, 0.2) is 18.2 Å². The van der Waals surface area contributed by atoms with Crippen molar-refractivity contribution in [3.05, 3.63) is 29.3 Å². The van der Waals surface area contributed by atoms with Gasteiger partial charge < -0.3 is 14.7 Å². The molecule has 0 aromatic heterocycles. The molecule has 0 spiro atoms. The number of amides is 1. The third-order valence-corrected chi connectivity index (χ3v) is 2.97. The summed E-state index contributed by atoms with van der Waals surface area (Å²) in [5.74, 6) is -0.701. The molecular weight excluding hydrogens is 246 g/mol. The maximum Gasteiger partial charge on any atom is 0.323 e. The highest BCUT2D eigenvalue weighted by Crippen LogP contribution is 2.20. The molecule has 1 aromatic carbocycles. The van der Waals surface area contributed by atoms with Gasteiger partial charge in [0.05, 0.1) is 0 Å². The zero-order chi connectivity index (χ0) is 14.4. The first-order valence-electron chi connectivity index (χ1n) is 6.14. The van der Waals surface area contributed by atoms with Gasteiger partial charge in [-0.15, -0.1) is 0 Å². The van der Waals surface area contributed by atoms with E-state index in [1.807, 2.05) is 26.0 Å². The molecule has 104 valence electrons. The fraction of sp³-hybridized carbons (Fsp3) is 0.429. The number of benzene rings is 1. The molecule has 0 aliphatic rings. The molecule has 0 aliphatic heterocycles. The van der Waals surface area contributed by atoms with Gasteiger partial charge in [0.1, 0.15) is 12.3 Å². The normalized spacial score (nSPS) is 10.1. The summed E-state index contributed by atoms with van der Waals surface area (Å²) in [6.07, 6.45) is 0. The number of carbonyl (C=O) groups is 2. The smallest absolute Gasteiger partial charge is 0.323 e. The minimum absolute atomic E-state index is 0.147. The molecule has 0 saturated carbocycles. The van der Waals surface area contributed by atoms with Crippen molar-refractivity contribution in [3.63, 3.8) is 0 Å². The Hall–Kier alpha value is -2.04. The molecule has 0 saturated heterocycles. The number of carboxylic acids is 1. The summed E-state index contributed by atoms with van der Waals surface area (Å²) in [6, 6.07) is 5.62. The van der Waals surface area contributed by atoms with Crippen molar-refractivity contribution in [2.75, 3.05) is 19.7 Å². The van der Waals surface area contributed by atoms with Crippen LogP contribution < -0.4 is 4.74 Å². The zero-order valence-electron chi connectivity index (χ0n) is 11.5. The van der Waals surface area contributed by atoms with Crippen molar-refractivity contribution >= 4 is 11.9 Å². The number of aryl methyl sites for hydroxylation is 1. The number of likely N-dealkylation sites (N-methyl/N-ethyl adjacent to an activating group) is 1. The molecule has 1 N–H and O–H groups in total. The van der Waals surface area contributed by atoms with Crippen LogP contribution in [0.5, 0.6) is 5.75 Å². The molecule has 0 heterocycles. The van der Waals surface area contributed by atoms with E-state index in [4.69, 9.17) is 9.84 Å². The lowest BCUT2D eigenvalue weighted by Crippen LogP contribution is -2.38. The van der Waals surface area contributed by atoms with Gasteiger partial charge in [0.25, 0.3) is 5.91 Å². The zero-order valence-corrected chi connectivity index (χ0v) is 11.5. The Kier molecular flexibility index (Phi) is 5.36. The van der Waals surface area contributed by atoms with Crippen molar-refractivity contribution in [2.45, 2.75) is 20.8 Å². The van der Waals surface area contributed by atoms with Crippen LogP contribution in [0.4, 0.5) is 0 Å². The molecule has 5 heteroatoms.